The van der Waals surface area contributed by atoms with Crippen LogP contribution in [0.5, 0.6) is 0 Å². The molecule has 4 heteroatoms. The van der Waals surface area contributed by atoms with E-state index >= 15 is 0 Å². The van der Waals surface area contributed by atoms with E-state index in [1.807, 2.05) is 0 Å². The van der Waals surface area contributed by atoms with Crippen molar-refractivity contribution in [3.8, 4) is 0 Å². The van der Waals surface area contributed by atoms with Crippen molar-refractivity contribution in [2.24, 2.45) is 5.73 Å². The molecule has 0 aliphatic rings. The van der Waals surface area contributed by atoms with E-state index in [4.69, 9.17) is 17.3 Å². The number of rotatable bonds is 6. The van der Waals surface area contributed by atoms with Crippen LogP contribution in [-0.4, -0.2) is 13.1 Å². The van der Waals surface area contributed by atoms with Crippen LogP contribution in [0.4, 0.5) is 4.39 Å². The van der Waals surface area contributed by atoms with Crippen LogP contribution in [0.1, 0.15) is 18.4 Å². The van der Waals surface area contributed by atoms with Gasteiger partial charge in [-0.2, -0.15) is 0 Å². The van der Waals surface area contributed by atoms with Crippen molar-refractivity contribution in [2.45, 2.75) is 19.4 Å². The number of halogens is 2. The van der Waals surface area contributed by atoms with Crippen LogP contribution in [-0.2, 0) is 6.54 Å². The molecule has 0 unspecified atom stereocenters. The third-order valence-corrected chi connectivity index (χ3v) is 2.53. The summed E-state index contributed by atoms with van der Waals surface area (Å²) >= 11 is 5.87. The molecule has 84 valence electrons. The summed E-state index contributed by atoms with van der Waals surface area (Å²) < 4.78 is 13.3. The molecule has 0 atom stereocenters. The molecule has 0 saturated carbocycles. The molecule has 3 N–H and O–H groups in total. The minimum absolute atomic E-state index is 0.256. The van der Waals surface area contributed by atoms with Gasteiger partial charge in [0.15, 0.2) is 0 Å². The molecular weight excluding hydrogens is 215 g/mol. The van der Waals surface area contributed by atoms with Gasteiger partial charge in [0.25, 0.3) is 0 Å². The lowest BCUT2D eigenvalue weighted by atomic mass is 10.2. The van der Waals surface area contributed by atoms with Gasteiger partial charge in [-0.15, -0.1) is 0 Å². The first-order valence-corrected chi connectivity index (χ1v) is 5.47. The zero-order valence-electron chi connectivity index (χ0n) is 8.60. The Morgan fingerprint density at radius 2 is 2.13 bits per heavy atom. The van der Waals surface area contributed by atoms with Gasteiger partial charge in [-0.05, 0) is 38.1 Å². The second kappa shape index (κ2) is 6.77. The fourth-order valence-electron chi connectivity index (χ4n) is 1.31. The van der Waals surface area contributed by atoms with Gasteiger partial charge in [-0.1, -0.05) is 17.7 Å². The standard InChI is InChI=1S/C11H16ClFN2/c12-10-4-3-5-11(13)9(10)8-15-7-2-1-6-14/h3-5,15H,1-2,6-8,14H2. The van der Waals surface area contributed by atoms with Gasteiger partial charge in [0.2, 0.25) is 0 Å². The van der Waals surface area contributed by atoms with Crippen LogP contribution in [0.3, 0.4) is 0 Å². The number of benzene rings is 1. The highest BCUT2D eigenvalue weighted by atomic mass is 35.5. The third kappa shape index (κ3) is 4.16. The average Bonchev–Trinajstić information content (AvgIpc) is 2.21. The molecule has 0 bridgehead atoms. The maximum atomic E-state index is 13.3. The van der Waals surface area contributed by atoms with Gasteiger partial charge in [0, 0.05) is 17.1 Å². The minimum atomic E-state index is -0.256. The summed E-state index contributed by atoms with van der Waals surface area (Å²) in [4.78, 5) is 0. The lowest BCUT2D eigenvalue weighted by Gasteiger charge is -2.07. The van der Waals surface area contributed by atoms with E-state index in [0.29, 0.717) is 23.7 Å². The second-order valence-electron chi connectivity index (χ2n) is 3.37. The van der Waals surface area contributed by atoms with Gasteiger partial charge in [0.05, 0.1) is 0 Å². The van der Waals surface area contributed by atoms with E-state index in [9.17, 15) is 4.39 Å². The molecule has 1 rings (SSSR count). The van der Waals surface area contributed by atoms with E-state index in [0.717, 1.165) is 19.4 Å². The van der Waals surface area contributed by atoms with Crippen LogP contribution in [0, 0.1) is 5.82 Å². The molecule has 0 spiro atoms. The predicted octanol–water partition coefficient (Wildman–Crippen LogP) is 2.31. The quantitative estimate of drug-likeness (QED) is 0.736. The first-order valence-electron chi connectivity index (χ1n) is 5.09. The molecule has 0 radical (unpaired) electrons. The van der Waals surface area contributed by atoms with Crippen LogP contribution in [0.25, 0.3) is 0 Å². The second-order valence-corrected chi connectivity index (χ2v) is 3.78. The minimum Gasteiger partial charge on any atom is -0.330 e. The summed E-state index contributed by atoms with van der Waals surface area (Å²) in [5.41, 5.74) is 5.90. The first kappa shape index (κ1) is 12.4. The van der Waals surface area contributed by atoms with Crippen molar-refractivity contribution in [3.05, 3.63) is 34.6 Å². The van der Waals surface area contributed by atoms with Crippen molar-refractivity contribution >= 4 is 11.6 Å². The van der Waals surface area contributed by atoms with Crippen LogP contribution in [0.2, 0.25) is 5.02 Å². The van der Waals surface area contributed by atoms with E-state index in [1.54, 1.807) is 12.1 Å². The highest BCUT2D eigenvalue weighted by molar-refractivity contribution is 6.31. The monoisotopic (exact) mass is 230 g/mol. The Hall–Kier alpha value is -0.640. The molecule has 0 fully saturated rings. The van der Waals surface area contributed by atoms with E-state index in [1.165, 1.54) is 6.07 Å². The lowest BCUT2D eigenvalue weighted by molar-refractivity contribution is 0.577. The fourth-order valence-corrected chi connectivity index (χ4v) is 1.54. The fraction of sp³-hybridized carbons (Fsp3) is 0.455. The summed E-state index contributed by atoms with van der Waals surface area (Å²) in [5, 5.41) is 3.61. The smallest absolute Gasteiger partial charge is 0.129 e. The van der Waals surface area contributed by atoms with Crippen LogP contribution >= 0.6 is 11.6 Å². The van der Waals surface area contributed by atoms with Gasteiger partial charge in [-0.25, -0.2) is 4.39 Å². The van der Waals surface area contributed by atoms with Gasteiger partial charge in [-0.3, -0.25) is 0 Å². The Morgan fingerprint density at radius 1 is 1.33 bits per heavy atom. The molecule has 0 aliphatic carbocycles. The Kier molecular flexibility index (Phi) is 5.61. The van der Waals surface area contributed by atoms with Gasteiger partial charge in [0.1, 0.15) is 5.82 Å². The zero-order chi connectivity index (χ0) is 11.1. The predicted molar refractivity (Wildman–Crippen MR) is 61.4 cm³/mol. The molecule has 2 nitrogen and oxygen atoms in total. The molecule has 0 amide bonds. The summed E-state index contributed by atoms with van der Waals surface area (Å²) in [6, 6.07) is 4.72. The molecule has 1 aromatic rings. The number of hydrogen-bond donors (Lipinski definition) is 2. The highest BCUT2D eigenvalue weighted by Gasteiger charge is 2.05. The van der Waals surface area contributed by atoms with E-state index in [2.05, 4.69) is 5.32 Å². The lowest BCUT2D eigenvalue weighted by Crippen LogP contribution is -2.17. The number of hydrogen-bond acceptors (Lipinski definition) is 2. The number of nitrogens with two attached hydrogens (primary N) is 1. The molecule has 0 aromatic heterocycles. The Balaban J connectivity index is 2.37. The Labute approximate surface area is 94.6 Å². The van der Waals surface area contributed by atoms with Crippen molar-refractivity contribution in [1.29, 1.82) is 0 Å². The third-order valence-electron chi connectivity index (χ3n) is 2.17. The first-order chi connectivity index (χ1) is 7.25. The summed E-state index contributed by atoms with van der Waals surface area (Å²) in [5.74, 6) is -0.256. The SMILES string of the molecule is NCCCCNCc1c(F)cccc1Cl. The average molecular weight is 231 g/mol. The van der Waals surface area contributed by atoms with Gasteiger partial charge < -0.3 is 11.1 Å². The summed E-state index contributed by atoms with van der Waals surface area (Å²) in [7, 11) is 0. The van der Waals surface area contributed by atoms with E-state index in [-0.39, 0.29) is 5.82 Å². The van der Waals surface area contributed by atoms with Crippen LogP contribution < -0.4 is 11.1 Å². The van der Waals surface area contributed by atoms with Gasteiger partial charge >= 0.3 is 0 Å². The largest absolute Gasteiger partial charge is 0.330 e. The maximum absolute atomic E-state index is 13.3. The molecule has 0 saturated heterocycles. The van der Waals surface area contributed by atoms with Crippen molar-refractivity contribution < 1.29 is 4.39 Å². The topological polar surface area (TPSA) is 38.0 Å². The Bertz CT molecular complexity index is 284. The highest BCUT2D eigenvalue weighted by Crippen LogP contribution is 2.18. The Morgan fingerprint density at radius 3 is 2.80 bits per heavy atom. The molecule has 1 aromatic carbocycles. The number of unbranched alkanes of at least 4 members (excludes halogenated alkanes) is 1. The normalized spacial score (nSPS) is 10.6. The zero-order valence-corrected chi connectivity index (χ0v) is 9.36. The molecule has 0 heterocycles. The van der Waals surface area contributed by atoms with Crippen molar-refractivity contribution in [2.75, 3.05) is 13.1 Å². The summed E-state index contributed by atoms with van der Waals surface area (Å²) in [6.07, 6.45) is 1.99. The molecule has 0 aliphatic heterocycles. The van der Waals surface area contributed by atoms with Crippen molar-refractivity contribution in [3.63, 3.8) is 0 Å². The molecular formula is C11H16ClFN2. The number of nitrogens with one attached hydrogen (secondary N) is 1. The van der Waals surface area contributed by atoms with E-state index < -0.39 is 0 Å². The van der Waals surface area contributed by atoms with Crippen LogP contribution in [0.15, 0.2) is 18.2 Å². The summed E-state index contributed by atoms with van der Waals surface area (Å²) in [6.45, 7) is 2.00. The molecule has 15 heavy (non-hydrogen) atoms. The van der Waals surface area contributed by atoms with Crippen molar-refractivity contribution in [1.82, 2.24) is 5.32 Å². The maximum Gasteiger partial charge on any atom is 0.129 e.